The Morgan fingerprint density at radius 2 is 2.20 bits per heavy atom. The summed E-state index contributed by atoms with van der Waals surface area (Å²) in [6.07, 6.45) is 2.05. The topological polar surface area (TPSA) is 54.0 Å². The van der Waals surface area contributed by atoms with Gasteiger partial charge >= 0.3 is 0 Å². The van der Waals surface area contributed by atoms with E-state index in [2.05, 4.69) is 28.2 Å². The molecule has 2 heterocycles. The van der Waals surface area contributed by atoms with E-state index in [0.29, 0.717) is 25.6 Å². The molecule has 0 aliphatic carbocycles. The van der Waals surface area contributed by atoms with Gasteiger partial charge in [0, 0.05) is 31.6 Å². The lowest BCUT2D eigenvalue weighted by Crippen LogP contribution is -2.42. The van der Waals surface area contributed by atoms with Crippen LogP contribution in [0.2, 0.25) is 0 Å². The van der Waals surface area contributed by atoms with Gasteiger partial charge in [-0.25, -0.2) is 0 Å². The zero-order valence-corrected chi connectivity index (χ0v) is 15.3. The van der Waals surface area contributed by atoms with Crippen LogP contribution in [-0.2, 0) is 11.2 Å². The fourth-order valence-corrected chi connectivity index (χ4v) is 3.45. The van der Waals surface area contributed by atoms with Crippen molar-refractivity contribution in [3.05, 3.63) is 23.8 Å². The molecule has 2 aliphatic heterocycles. The molecule has 0 aromatic heterocycles. The van der Waals surface area contributed by atoms with Crippen molar-refractivity contribution < 1.29 is 14.3 Å². The van der Waals surface area contributed by atoms with Crippen molar-refractivity contribution in [2.75, 3.05) is 60.0 Å². The van der Waals surface area contributed by atoms with Gasteiger partial charge in [0.25, 0.3) is 0 Å². The first kappa shape index (κ1) is 18.0. The lowest BCUT2D eigenvalue weighted by Gasteiger charge is -2.26. The van der Waals surface area contributed by atoms with E-state index >= 15 is 0 Å². The predicted octanol–water partition coefficient (Wildman–Crippen LogP) is 1.00. The lowest BCUT2D eigenvalue weighted by molar-refractivity contribution is -0.122. The minimum absolute atomic E-state index is 0.116. The zero-order chi connectivity index (χ0) is 17.6. The quantitative estimate of drug-likeness (QED) is 0.861. The van der Waals surface area contributed by atoms with Crippen molar-refractivity contribution in [1.29, 1.82) is 0 Å². The second kappa shape index (κ2) is 8.54. The molecule has 138 valence electrons. The Labute approximate surface area is 150 Å². The molecule has 2 aliphatic rings. The van der Waals surface area contributed by atoms with Gasteiger partial charge < -0.3 is 19.7 Å². The molecule has 25 heavy (non-hydrogen) atoms. The maximum absolute atomic E-state index is 12.3. The summed E-state index contributed by atoms with van der Waals surface area (Å²) in [6, 6.07) is 5.94. The zero-order valence-electron chi connectivity index (χ0n) is 15.3. The summed E-state index contributed by atoms with van der Waals surface area (Å²) in [4.78, 5) is 16.8. The van der Waals surface area contributed by atoms with E-state index in [4.69, 9.17) is 9.47 Å². The van der Waals surface area contributed by atoms with Gasteiger partial charge in [-0.1, -0.05) is 6.07 Å². The fourth-order valence-electron chi connectivity index (χ4n) is 3.45. The number of carbonyl (C=O) groups excluding carboxylic acids is 1. The first-order chi connectivity index (χ1) is 12.1. The van der Waals surface area contributed by atoms with Crippen molar-refractivity contribution >= 4 is 5.91 Å². The third-order valence-electron chi connectivity index (χ3n) is 5.02. The van der Waals surface area contributed by atoms with Crippen LogP contribution in [0, 0.1) is 5.92 Å². The number of ether oxygens (including phenoxy) is 2. The predicted molar refractivity (Wildman–Crippen MR) is 97.2 cm³/mol. The maximum Gasteiger partial charge on any atom is 0.234 e. The third kappa shape index (κ3) is 5.09. The van der Waals surface area contributed by atoms with Crippen LogP contribution >= 0.6 is 0 Å². The molecule has 1 N–H and O–H groups in total. The number of nitrogens with zero attached hydrogens (tertiary/aromatic N) is 2. The van der Waals surface area contributed by atoms with Crippen molar-refractivity contribution in [1.82, 2.24) is 15.1 Å². The Bertz CT molecular complexity index is 593. The van der Waals surface area contributed by atoms with Crippen molar-refractivity contribution in [2.45, 2.75) is 12.8 Å². The first-order valence-corrected chi connectivity index (χ1v) is 9.11. The van der Waals surface area contributed by atoms with Gasteiger partial charge in [-0.15, -0.1) is 0 Å². The van der Waals surface area contributed by atoms with Gasteiger partial charge in [-0.05, 0) is 44.6 Å². The van der Waals surface area contributed by atoms with E-state index in [1.165, 1.54) is 5.56 Å². The number of hydrogen-bond donors (Lipinski definition) is 1. The fraction of sp³-hybridized carbons (Fsp3) is 0.632. The number of hydrogen-bond acceptors (Lipinski definition) is 5. The Kier molecular flexibility index (Phi) is 6.15. The maximum atomic E-state index is 12.3. The number of carbonyl (C=O) groups is 1. The Hall–Kier alpha value is -1.79. The molecule has 0 unspecified atom stereocenters. The van der Waals surface area contributed by atoms with E-state index in [0.717, 1.165) is 50.5 Å². The van der Waals surface area contributed by atoms with Gasteiger partial charge in [0.1, 0.15) is 11.5 Å². The summed E-state index contributed by atoms with van der Waals surface area (Å²) in [5.74, 6) is 2.15. The minimum Gasteiger partial charge on any atom is -0.497 e. The van der Waals surface area contributed by atoms with Gasteiger partial charge in [0.2, 0.25) is 5.91 Å². The van der Waals surface area contributed by atoms with Gasteiger partial charge in [0.15, 0.2) is 0 Å². The minimum atomic E-state index is 0.116. The van der Waals surface area contributed by atoms with Crippen LogP contribution in [0.4, 0.5) is 0 Å². The van der Waals surface area contributed by atoms with Gasteiger partial charge in [-0.2, -0.15) is 0 Å². The SMILES string of the molecule is COc1ccc2c(c1)OC[C@H](CNC(=O)CN1CCCN(C)CC1)C2. The average molecular weight is 347 g/mol. The van der Waals surface area contributed by atoms with Crippen LogP contribution in [0.1, 0.15) is 12.0 Å². The highest BCUT2D eigenvalue weighted by atomic mass is 16.5. The molecule has 1 aromatic rings. The molecule has 1 aromatic carbocycles. The summed E-state index contributed by atoms with van der Waals surface area (Å²) in [7, 11) is 3.80. The van der Waals surface area contributed by atoms with Crippen molar-refractivity contribution in [3.63, 3.8) is 0 Å². The smallest absolute Gasteiger partial charge is 0.234 e. The second-order valence-corrected chi connectivity index (χ2v) is 7.09. The van der Waals surface area contributed by atoms with Crippen LogP contribution in [0.3, 0.4) is 0 Å². The first-order valence-electron chi connectivity index (χ1n) is 9.11. The van der Waals surface area contributed by atoms with E-state index in [-0.39, 0.29) is 5.91 Å². The number of fused-ring (bicyclic) bond motifs is 1. The molecule has 1 saturated heterocycles. The third-order valence-corrected chi connectivity index (χ3v) is 5.02. The molecular weight excluding hydrogens is 318 g/mol. The number of amides is 1. The number of benzene rings is 1. The highest BCUT2D eigenvalue weighted by Gasteiger charge is 2.21. The van der Waals surface area contributed by atoms with E-state index in [1.807, 2.05) is 12.1 Å². The van der Waals surface area contributed by atoms with E-state index in [9.17, 15) is 4.79 Å². The molecule has 3 rings (SSSR count). The molecule has 1 amide bonds. The summed E-state index contributed by atoms with van der Waals surface area (Å²) in [5.41, 5.74) is 1.18. The average Bonchev–Trinajstić information content (AvgIpc) is 2.83. The van der Waals surface area contributed by atoms with Gasteiger partial charge in [-0.3, -0.25) is 9.69 Å². The van der Waals surface area contributed by atoms with Crippen LogP contribution in [-0.4, -0.2) is 75.7 Å². The molecule has 0 radical (unpaired) electrons. The molecule has 0 spiro atoms. The normalized spacial score (nSPS) is 21.8. The van der Waals surface area contributed by atoms with Crippen molar-refractivity contribution in [2.24, 2.45) is 5.92 Å². The molecular formula is C19H29N3O3. The molecule has 1 fully saturated rings. The lowest BCUT2D eigenvalue weighted by atomic mass is 9.96. The summed E-state index contributed by atoms with van der Waals surface area (Å²) >= 11 is 0. The van der Waals surface area contributed by atoms with Crippen LogP contribution in [0.25, 0.3) is 0 Å². The molecule has 0 saturated carbocycles. The van der Waals surface area contributed by atoms with E-state index in [1.54, 1.807) is 7.11 Å². The van der Waals surface area contributed by atoms with Gasteiger partial charge in [0.05, 0.1) is 20.3 Å². The highest BCUT2D eigenvalue weighted by Crippen LogP contribution is 2.30. The van der Waals surface area contributed by atoms with E-state index < -0.39 is 0 Å². The van der Waals surface area contributed by atoms with Crippen LogP contribution in [0.15, 0.2) is 18.2 Å². The number of rotatable bonds is 5. The van der Waals surface area contributed by atoms with Crippen LogP contribution in [0.5, 0.6) is 11.5 Å². The summed E-state index contributed by atoms with van der Waals surface area (Å²) in [5, 5.41) is 3.09. The second-order valence-electron chi connectivity index (χ2n) is 7.09. The molecule has 1 atom stereocenters. The molecule has 6 nitrogen and oxygen atoms in total. The van der Waals surface area contributed by atoms with Crippen molar-refractivity contribution in [3.8, 4) is 11.5 Å². The largest absolute Gasteiger partial charge is 0.497 e. The number of methoxy groups -OCH3 is 1. The highest BCUT2D eigenvalue weighted by molar-refractivity contribution is 5.78. The van der Waals surface area contributed by atoms with Crippen LogP contribution < -0.4 is 14.8 Å². The number of likely N-dealkylation sites (N-methyl/N-ethyl adjacent to an activating group) is 1. The summed E-state index contributed by atoms with van der Waals surface area (Å²) in [6.45, 7) is 5.90. The molecule has 6 heteroatoms. The summed E-state index contributed by atoms with van der Waals surface area (Å²) < 4.78 is 11.1. The monoisotopic (exact) mass is 347 g/mol. The Morgan fingerprint density at radius 3 is 3.04 bits per heavy atom. The Balaban J connectivity index is 1.43. The Morgan fingerprint density at radius 1 is 1.32 bits per heavy atom. The molecule has 0 bridgehead atoms. The standard InChI is InChI=1S/C19H29N3O3/c1-21-6-3-7-22(9-8-21)13-19(23)20-12-15-10-16-4-5-17(24-2)11-18(16)25-14-15/h4-5,11,15H,3,6-10,12-14H2,1-2H3,(H,20,23)/t15-/m0/s1. The number of nitrogens with one attached hydrogen (secondary N) is 1.